The van der Waals surface area contributed by atoms with Gasteiger partial charge < -0.3 is 9.64 Å². The van der Waals surface area contributed by atoms with E-state index in [2.05, 4.69) is 11.1 Å². The van der Waals surface area contributed by atoms with E-state index in [1.807, 2.05) is 6.07 Å². The Bertz CT molecular complexity index is 1230. The molecule has 2 aromatic carbocycles. The first kappa shape index (κ1) is 22.3. The lowest BCUT2D eigenvalue weighted by molar-refractivity contribution is -0.139. The van der Waals surface area contributed by atoms with Crippen molar-refractivity contribution in [3.8, 4) is 22.9 Å². The number of hydrogen-bond donors (Lipinski definition) is 0. The third-order valence-corrected chi connectivity index (χ3v) is 6.22. The van der Waals surface area contributed by atoms with Gasteiger partial charge in [-0.05, 0) is 61.5 Å². The first-order chi connectivity index (χ1) is 15.4. The highest BCUT2D eigenvalue weighted by atomic mass is 35.5. The van der Waals surface area contributed by atoms with Crippen molar-refractivity contribution < 1.29 is 13.9 Å². The second-order valence-corrected chi connectivity index (χ2v) is 8.57. The first-order valence-electron chi connectivity index (χ1n) is 10.3. The highest BCUT2D eigenvalue weighted by molar-refractivity contribution is 6.36. The summed E-state index contributed by atoms with van der Waals surface area (Å²) in [6, 6.07) is 11.7. The fourth-order valence-electron chi connectivity index (χ4n) is 3.98. The lowest BCUT2D eigenvalue weighted by Gasteiger charge is -2.31. The maximum atomic E-state index is 13.5. The van der Waals surface area contributed by atoms with Crippen molar-refractivity contribution in [3.05, 3.63) is 58.6 Å². The van der Waals surface area contributed by atoms with E-state index in [0.717, 1.165) is 18.2 Å². The zero-order chi connectivity index (χ0) is 22.8. The number of ether oxygens (including phenoxy) is 1. The number of nitrogens with zero attached hydrogens (tertiary/aromatic N) is 3. The molecule has 1 saturated heterocycles. The molecule has 1 aliphatic rings. The minimum absolute atomic E-state index is 0.137. The summed E-state index contributed by atoms with van der Waals surface area (Å²) in [5.74, 6) is -0.240. The first-order valence-corrected chi connectivity index (χ1v) is 11.0. The average Bonchev–Trinajstić information content (AvgIpc) is 2.79. The third kappa shape index (κ3) is 4.50. The number of fused-ring (bicyclic) bond motifs is 1. The molecule has 164 valence electrons. The Morgan fingerprint density at radius 2 is 2.06 bits per heavy atom. The quantitative estimate of drug-likeness (QED) is 0.445. The molecule has 2 heterocycles. The summed E-state index contributed by atoms with van der Waals surface area (Å²) in [5, 5.41) is 11.1. The molecule has 0 bridgehead atoms. The van der Waals surface area contributed by atoms with E-state index in [4.69, 9.17) is 33.2 Å². The van der Waals surface area contributed by atoms with Crippen LogP contribution in [0.2, 0.25) is 10.2 Å². The number of pyridine rings is 1. The smallest absolute Gasteiger partial charge is 0.263 e. The van der Waals surface area contributed by atoms with E-state index in [1.54, 1.807) is 36.2 Å². The summed E-state index contributed by atoms with van der Waals surface area (Å²) in [6.45, 7) is 2.75. The summed E-state index contributed by atoms with van der Waals surface area (Å²) in [5.41, 5.74) is 1.34. The highest BCUT2D eigenvalue weighted by Gasteiger charge is 2.28. The Morgan fingerprint density at radius 1 is 1.25 bits per heavy atom. The van der Waals surface area contributed by atoms with Crippen LogP contribution in [0, 0.1) is 23.1 Å². The van der Waals surface area contributed by atoms with E-state index in [-0.39, 0.29) is 22.0 Å². The van der Waals surface area contributed by atoms with Gasteiger partial charge in [0.25, 0.3) is 5.91 Å². The number of carbonyl (C=O) groups is 1. The molecule has 0 N–H and O–H groups in total. The van der Waals surface area contributed by atoms with Crippen molar-refractivity contribution in [3.63, 3.8) is 0 Å². The third-order valence-electron chi connectivity index (χ3n) is 5.61. The highest BCUT2D eigenvalue weighted by Crippen LogP contribution is 2.37. The second kappa shape index (κ2) is 9.32. The topological polar surface area (TPSA) is 66.2 Å². The minimum Gasteiger partial charge on any atom is -0.481 e. The predicted molar refractivity (Wildman–Crippen MR) is 122 cm³/mol. The molecule has 32 heavy (non-hydrogen) atoms. The van der Waals surface area contributed by atoms with Crippen LogP contribution in [0.5, 0.6) is 5.75 Å². The van der Waals surface area contributed by atoms with Gasteiger partial charge in [-0.25, -0.2) is 9.37 Å². The van der Waals surface area contributed by atoms with Crippen LogP contribution in [0.25, 0.3) is 21.9 Å². The van der Waals surface area contributed by atoms with E-state index in [0.29, 0.717) is 35.4 Å². The van der Waals surface area contributed by atoms with Crippen LogP contribution in [0.15, 0.2) is 42.6 Å². The number of piperidine rings is 1. The Hall–Kier alpha value is -2.88. The van der Waals surface area contributed by atoms with Gasteiger partial charge in [0.2, 0.25) is 0 Å². The standard InChI is InChI=1S/C24H20Cl2FN3O2/c1-14(24(31)30-8-2-3-15(11-28)13-30)32-17-5-7-18-20(10-17)23(26)29-12-21(18)19-6-4-16(27)9-22(19)25/h4-7,9-10,12,14-15H,2-3,8,13H2,1H3/t14-,15-/m1/s1. The van der Waals surface area contributed by atoms with Crippen LogP contribution < -0.4 is 4.74 Å². The van der Waals surface area contributed by atoms with Gasteiger partial charge >= 0.3 is 0 Å². The van der Waals surface area contributed by atoms with Crippen LogP contribution in [-0.2, 0) is 4.79 Å². The number of rotatable bonds is 4. The monoisotopic (exact) mass is 471 g/mol. The summed E-state index contributed by atoms with van der Waals surface area (Å²) in [7, 11) is 0. The maximum absolute atomic E-state index is 13.5. The Balaban J connectivity index is 1.60. The van der Waals surface area contributed by atoms with Crippen LogP contribution in [0.1, 0.15) is 19.8 Å². The van der Waals surface area contributed by atoms with Crippen molar-refractivity contribution in [1.29, 1.82) is 5.26 Å². The molecule has 1 aromatic heterocycles. The predicted octanol–water partition coefficient (Wildman–Crippen LogP) is 5.88. The van der Waals surface area contributed by atoms with Crippen molar-refractivity contribution in [2.45, 2.75) is 25.9 Å². The van der Waals surface area contributed by atoms with Gasteiger partial charge in [0.1, 0.15) is 16.7 Å². The fraction of sp³-hybridized carbons (Fsp3) is 0.292. The van der Waals surface area contributed by atoms with E-state index < -0.39 is 11.9 Å². The molecule has 1 amide bonds. The molecule has 4 rings (SSSR count). The molecule has 0 spiro atoms. The Labute approximate surface area is 195 Å². The number of halogens is 3. The van der Waals surface area contributed by atoms with Crippen LogP contribution in [-0.4, -0.2) is 35.0 Å². The minimum atomic E-state index is -0.716. The van der Waals surface area contributed by atoms with Gasteiger partial charge in [0, 0.05) is 35.8 Å². The molecule has 2 atom stereocenters. The molecule has 0 unspecified atom stereocenters. The lowest BCUT2D eigenvalue weighted by atomic mass is 9.99. The van der Waals surface area contributed by atoms with E-state index in [9.17, 15) is 9.18 Å². The zero-order valence-electron chi connectivity index (χ0n) is 17.3. The molecule has 3 aromatic rings. The summed E-state index contributed by atoms with van der Waals surface area (Å²) in [6.07, 6.45) is 2.50. The van der Waals surface area contributed by atoms with Crippen molar-refractivity contribution in [2.24, 2.45) is 5.92 Å². The van der Waals surface area contributed by atoms with Crippen molar-refractivity contribution in [1.82, 2.24) is 9.88 Å². The zero-order valence-corrected chi connectivity index (χ0v) is 18.8. The van der Waals surface area contributed by atoms with Gasteiger partial charge in [-0.3, -0.25) is 4.79 Å². The normalized spacial score (nSPS) is 17.1. The van der Waals surface area contributed by atoms with Gasteiger partial charge in [-0.2, -0.15) is 5.26 Å². The molecule has 0 saturated carbocycles. The lowest BCUT2D eigenvalue weighted by Crippen LogP contribution is -2.45. The average molecular weight is 472 g/mol. The summed E-state index contributed by atoms with van der Waals surface area (Å²) in [4.78, 5) is 18.7. The second-order valence-electron chi connectivity index (χ2n) is 7.81. The largest absolute Gasteiger partial charge is 0.481 e. The molecule has 1 fully saturated rings. The van der Waals surface area contributed by atoms with Crippen molar-refractivity contribution in [2.75, 3.05) is 13.1 Å². The number of hydrogen-bond acceptors (Lipinski definition) is 4. The Kier molecular flexibility index (Phi) is 6.50. The summed E-state index contributed by atoms with van der Waals surface area (Å²) >= 11 is 12.6. The molecular formula is C24H20Cl2FN3O2. The van der Waals surface area contributed by atoms with Crippen molar-refractivity contribution >= 4 is 39.9 Å². The number of benzene rings is 2. The molecule has 0 radical (unpaired) electrons. The Morgan fingerprint density at radius 3 is 2.81 bits per heavy atom. The van der Waals surface area contributed by atoms with Gasteiger partial charge in [0.15, 0.2) is 6.10 Å². The van der Waals surface area contributed by atoms with Crippen LogP contribution in [0.3, 0.4) is 0 Å². The fourth-order valence-corrected chi connectivity index (χ4v) is 4.45. The number of carbonyl (C=O) groups excluding carboxylic acids is 1. The maximum Gasteiger partial charge on any atom is 0.263 e. The number of nitriles is 1. The molecule has 5 nitrogen and oxygen atoms in total. The molecular weight excluding hydrogens is 452 g/mol. The molecule has 0 aliphatic carbocycles. The van der Waals surface area contributed by atoms with E-state index in [1.165, 1.54) is 12.1 Å². The summed E-state index contributed by atoms with van der Waals surface area (Å²) < 4.78 is 19.4. The van der Waals surface area contributed by atoms with E-state index >= 15 is 0 Å². The van der Waals surface area contributed by atoms with Crippen LogP contribution in [0.4, 0.5) is 4.39 Å². The molecule has 1 aliphatic heterocycles. The number of likely N-dealkylation sites (tertiary alicyclic amines) is 1. The van der Waals surface area contributed by atoms with Gasteiger partial charge in [-0.15, -0.1) is 0 Å². The number of aromatic nitrogens is 1. The van der Waals surface area contributed by atoms with Gasteiger partial charge in [-0.1, -0.05) is 23.2 Å². The van der Waals surface area contributed by atoms with Crippen LogP contribution >= 0.6 is 23.2 Å². The SMILES string of the molecule is C[C@@H](Oc1ccc2c(-c3ccc(F)cc3Cl)cnc(Cl)c2c1)C(=O)N1CCC[C@H](C#N)C1. The number of amides is 1. The molecule has 8 heteroatoms. The van der Waals surface area contributed by atoms with Gasteiger partial charge in [0.05, 0.1) is 17.0 Å².